The van der Waals surface area contributed by atoms with E-state index < -0.39 is 0 Å². The fourth-order valence-corrected chi connectivity index (χ4v) is 3.61. The summed E-state index contributed by atoms with van der Waals surface area (Å²) in [6.07, 6.45) is 7.68. The second kappa shape index (κ2) is 4.88. The van der Waals surface area contributed by atoms with Crippen molar-refractivity contribution in [3.8, 4) is 0 Å². The molecule has 1 saturated heterocycles. The molecule has 3 rings (SSSR count). The van der Waals surface area contributed by atoms with E-state index in [2.05, 4.69) is 4.98 Å². The average Bonchev–Trinajstić information content (AvgIpc) is 2.86. The van der Waals surface area contributed by atoms with Gasteiger partial charge in [-0.15, -0.1) is 0 Å². The molecule has 1 aliphatic heterocycles. The van der Waals surface area contributed by atoms with Gasteiger partial charge in [-0.25, -0.2) is 4.98 Å². The van der Waals surface area contributed by atoms with Crippen LogP contribution in [0, 0.1) is 5.92 Å². The number of amides is 1. The Hall–Kier alpha value is -1.09. The molecule has 3 nitrogen and oxygen atoms in total. The third kappa shape index (κ3) is 2.01. The summed E-state index contributed by atoms with van der Waals surface area (Å²) in [5, 5.41) is 0.322. The molecule has 1 saturated carbocycles. The summed E-state index contributed by atoms with van der Waals surface area (Å²) in [5.74, 6) is 0.767. The van der Waals surface area contributed by atoms with Gasteiger partial charge in [0, 0.05) is 18.8 Å². The number of hydrogen-bond donors (Lipinski definition) is 0. The molecule has 0 aromatic carbocycles. The number of pyridine rings is 1. The van der Waals surface area contributed by atoms with Crippen LogP contribution in [0.25, 0.3) is 0 Å². The molecule has 1 aliphatic carbocycles. The highest BCUT2D eigenvalue weighted by Gasteiger charge is 2.37. The van der Waals surface area contributed by atoms with Crippen LogP contribution < -0.4 is 0 Å². The number of carbonyl (C=O) groups is 1. The van der Waals surface area contributed by atoms with E-state index in [-0.39, 0.29) is 5.91 Å². The Morgan fingerprint density at radius 1 is 1.33 bits per heavy atom. The smallest absolute Gasteiger partial charge is 0.257 e. The maximum atomic E-state index is 12.6. The molecular formula is C14H17ClN2O. The Labute approximate surface area is 112 Å². The number of halogens is 1. The van der Waals surface area contributed by atoms with Crippen molar-refractivity contribution in [2.75, 3.05) is 6.54 Å². The van der Waals surface area contributed by atoms with Gasteiger partial charge >= 0.3 is 0 Å². The molecule has 0 radical (unpaired) electrons. The Balaban J connectivity index is 1.86. The van der Waals surface area contributed by atoms with E-state index in [0.717, 1.165) is 19.4 Å². The minimum atomic E-state index is 0.0599. The lowest BCUT2D eigenvalue weighted by molar-refractivity contribution is 0.0548. The highest BCUT2D eigenvalue weighted by Crippen LogP contribution is 2.37. The standard InChI is InChI=1S/C14H17ClN2O/c15-13-11(6-2-8-16-13)14(18)17-9-3-5-10-4-1-7-12(10)17/h2,6,8,10,12H,1,3-5,7,9H2. The van der Waals surface area contributed by atoms with Gasteiger partial charge in [-0.05, 0) is 43.7 Å². The number of likely N-dealkylation sites (tertiary alicyclic amines) is 1. The van der Waals surface area contributed by atoms with Crippen LogP contribution in [0.15, 0.2) is 18.3 Å². The zero-order valence-electron chi connectivity index (χ0n) is 10.3. The van der Waals surface area contributed by atoms with Gasteiger partial charge in [0.2, 0.25) is 0 Å². The highest BCUT2D eigenvalue weighted by atomic mass is 35.5. The van der Waals surface area contributed by atoms with Crippen LogP contribution in [0.5, 0.6) is 0 Å². The molecule has 2 fully saturated rings. The maximum absolute atomic E-state index is 12.6. The number of carbonyl (C=O) groups excluding carboxylic acids is 1. The predicted octanol–water partition coefficient (Wildman–Crippen LogP) is 3.14. The van der Waals surface area contributed by atoms with E-state index in [1.54, 1.807) is 18.3 Å². The average molecular weight is 265 g/mol. The van der Waals surface area contributed by atoms with Gasteiger partial charge in [-0.1, -0.05) is 18.0 Å². The van der Waals surface area contributed by atoms with Crippen molar-refractivity contribution < 1.29 is 4.79 Å². The second-order valence-corrected chi connectivity index (χ2v) is 5.60. The van der Waals surface area contributed by atoms with Crippen LogP contribution in [-0.2, 0) is 0 Å². The van der Waals surface area contributed by atoms with Gasteiger partial charge in [0.25, 0.3) is 5.91 Å². The summed E-state index contributed by atoms with van der Waals surface area (Å²) in [6.45, 7) is 0.866. The third-order valence-corrected chi connectivity index (χ3v) is 4.54. The van der Waals surface area contributed by atoms with Gasteiger partial charge in [-0.3, -0.25) is 4.79 Å². The van der Waals surface area contributed by atoms with Crippen molar-refractivity contribution in [3.63, 3.8) is 0 Å². The van der Waals surface area contributed by atoms with E-state index in [9.17, 15) is 4.79 Å². The Morgan fingerprint density at radius 2 is 2.17 bits per heavy atom. The van der Waals surface area contributed by atoms with Crippen LogP contribution in [0.1, 0.15) is 42.5 Å². The SMILES string of the molecule is O=C(c1cccnc1Cl)N1CCCC2CCCC21. The van der Waals surface area contributed by atoms with Crippen LogP contribution >= 0.6 is 11.6 Å². The number of rotatable bonds is 1. The number of aromatic nitrogens is 1. The largest absolute Gasteiger partial charge is 0.335 e. The molecule has 96 valence electrons. The summed E-state index contributed by atoms with van der Waals surface area (Å²) in [4.78, 5) is 18.6. The number of fused-ring (bicyclic) bond motifs is 1. The molecular weight excluding hydrogens is 248 g/mol. The van der Waals surface area contributed by atoms with Crippen molar-refractivity contribution in [3.05, 3.63) is 29.0 Å². The topological polar surface area (TPSA) is 33.2 Å². The Kier molecular flexibility index (Phi) is 3.25. The van der Waals surface area contributed by atoms with E-state index in [0.29, 0.717) is 22.7 Å². The molecule has 18 heavy (non-hydrogen) atoms. The van der Waals surface area contributed by atoms with E-state index in [1.807, 2.05) is 4.90 Å². The minimum Gasteiger partial charge on any atom is -0.335 e. The monoisotopic (exact) mass is 264 g/mol. The molecule has 2 aliphatic rings. The zero-order chi connectivity index (χ0) is 12.5. The van der Waals surface area contributed by atoms with Crippen molar-refractivity contribution in [2.24, 2.45) is 5.92 Å². The van der Waals surface area contributed by atoms with Crippen molar-refractivity contribution in [2.45, 2.75) is 38.1 Å². The quantitative estimate of drug-likeness (QED) is 0.730. The lowest BCUT2D eigenvalue weighted by Gasteiger charge is -2.37. The Bertz CT molecular complexity index is 463. The predicted molar refractivity (Wildman–Crippen MR) is 70.6 cm³/mol. The first-order valence-electron chi connectivity index (χ1n) is 6.69. The number of piperidine rings is 1. The first-order chi connectivity index (χ1) is 8.77. The molecule has 2 unspecified atom stereocenters. The van der Waals surface area contributed by atoms with E-state index in [1.165, 1.54) is 19.3 Å². The summed E-state index contributed by atoms with van der Waals surface area (Å²) < 4.78 is 0. The second-order valence-electron chi connectivity index (χ2n) is 5.24. The first kappa shape index (κ1) is 12.0. The molecule has 0 N–H and O–H groups in total. The van der Waals surface area contributed by atoms with Crippen molar-refractivity contribution in [1.29, 1.82) is 0 Å². The minimum absolute atomic E-state index is 0.0599. The van der Waals surface area contributed by atoms with Gasteiger partial charge < -0.3 is 4.90 Å². The zero-order valence-corrected chi connectivity index (χ0v) is 11.1. The molecule has 1 amide bonds. The molecule has 2 heterocycles. The molecule has 1 aromatic heterocycles. The first-order valence-corrected chi connectivity index (χ1v) is 7.06. The van der Waals surface area contributed by atoms with Crippen LogP contribution in [0.3, 0.4) is 0 Å². The maximum Gasteiger partial charge on any atom is 0.257 e. The Morgan fingerprint density at radius 3 is 3.00 bits per heavy atom. The summed E-state index contributed by atoms with van der Waals surface area (Å²) in [6, 6.07) is 3.98. The lowest BCUT2D eigenvalue weighted by Crippen LogP contribution is -2.46. The number of nitrogens with zero attached hydrogens (tertiary/aromatic N) is 2. The summed E-state index contributed by atoms with van der Waals surface area (Å²) >= 11 is 6.02. The van der Waals surface area contributed by atoms with Crippen LogP contribution in [-0.4, -0.2) is 28.4 Å². The van der Waals surface area contributed by atoms with Crippen molar-refractivity contribution >= 4 is 17.5 Å². The third-order valence-electron chi connectivity index (χ3n) is 4.24. The highest BCUT2D eigenvalue weighted by molar-refractivity contribution is 6.32. The van der Waals surface area contributed by atoms with Gasteiger partial charge in [0.1, 0.15) is 5.15 Å². The normalized spacial score (nSPS) is 27.1. The summed E-state index contributed by atoms with van der Waals surface area (Å²) in [5.41, 5.74) is 0.548. The van der Waals surface area contributed by atoms with Crippen LogP contribution in [0.2, 0.25) is 5.15 Å². The molecule has 2 atom stereocenters. The molecule has 1 aromatic rings. The summed E-state index contributed by atoms with van der Waals surface area (Å²) in [7, 11) is 0. The van der Waals surface area contributed by atoms with Crippen molar-refractivity contribution in [1.82, 2.24) is 9.88 Å². The van der Waals surface area contributed by atoms with Gasteiger partial charge in [0.15, 0.2) is 0 Å². The molecule has 4 heteroatoms. The fraction of sp³-hybridized carbons (Fsp3) is 0.571. The van der Waals surface area contributed by atoms with E-state index >= 15 is 0 Å². The lowest BCUT2D eigenvalue weighted by atomic mass is 9.91. The van der Waals surface area contributed by atoms with E-state index in [4.69, 9.17) is 11.6 Å². The molecule has 0 spiro atoms. The fourth-order valence-electron chi connectivity index (χ4n) is 3.41. The van der Waals surface area contributed by atoms with Crippen LogP contribution in [0.4, 0.5) is 0 Å². The molecule has 0 bridgehead atoms. The number of hydrogen-bond acceptors (Lipinski definition) is 2. The van der Waals surface area contributed by atoms with Gasteiger partial charge in [-0.2, -0.15) is 0 Å². The van der Waals surface area contributed by atoms with Gasteiger partial charge in [0.05, 0.1) is 5.56 Å².